The number of nitrogens with one attached hydrogen (secondary N) is 1. The molecule has 0 spiro atoms. The normalized spacial score (nSPS) is 11.1. The van der Waals surface area contributed by atoms with Gasteiger partial charge in [0, 0.05) is 15.4 Å². The van der Waals surface area contributed by atoms with Crippen molar-refractivity contribution in [3.63, 3.8) is 0 Å². The van der Waals surface area contributed by atoms with E-state index in [-0.39, 0.29) is 0 Å². The fraction of sp³-hybridized carbons (Fsp3) is 0.0667. The third kappa shape index (κ3) is 3.59. The Morgan fingerprint density at radius 1 is 1.24 bits per heavy atom. The lowest BCUT2D eigenvalue weighted by Crippen LogP contribution is -1.89. The van der Waals surface area contributed by atoms with E-state index in [9.17, 15) is 0 Å². The van der Waals surface area contributed by atoms with E-state index in [1.54, 1.807) is 6.21 Å². The number of hydrogen-bond acceptors (Lipinski definition) is 5. The van der Waals surface area contributed by atoms with Crippen molar-refractivity contribution in [3.05, 3.63) is 57.8 Å². The monoisotopic (exact) mass is 361 g/mol. The Bertz CT molecular complexity index is 761. The van der Waals surface area contributed by atoms with Gasteiger partial charge in [0.1, 0.15) is 11.5 Å². The zero-order valence-electron chi connectivity index (χ0n) is 11.2. The molecule has 106 valence electrons. The number of furan rings is 1. The van der Waals surface area contributed by atoms with Gasteiger partial charge in [-0.15, -0.1) is 11.3 Å². The van der Waals surface area contributed by atoms with Crippen molar-refractivity contribution in [3.8, 4) is 11.3 Å². The maximum absolute atomic E-state index is 5.40. The molecule has 4 nitrogen and oxygen atoms in total. The Balaban J connectivity index is 1.67. The van der Waals surface area contributed by atoms with Crippen LogP contribution in [0.15, 0.2) is 55.8 Å². The molecule has 3 aromatic rings. The van der Waals surface area contributed by atoms with Crippen molar-refractivity contribution in [1.29, 1.82) is 0 Å². The maximum Gasteiger partial charge on any atom is 0.203 e. The van der Waals surface area contributed by atoms with Crippen LogP contribution in [0.4, 0.5) is 5.13 Å². The Morgan fingerprint density at radius 2 is 2.05 bits per heavy atom. The Hall–Kier alpha value is -1.92. The Morgan fingerprint density at radius 3 is 2.76 bits per heavy atom. The van der Waals surface area contributed by atoms with Gasteiger partial charge in [-0.2, -0.15) is 5.10 Å². The average molecular weight is 362 g/mol. The smallest absolute Gasteiger partial charge is 0.203 e. The van der Waals surface area contributed by atoms with Gasteiger partial charge in [0.15, 0.2) is 0 Å². The molecule has 0 unspecified atom stereocenters. The quantitative estimate of drug-likeness (QED) is 0.529. The second-order valence-electron chi connectivity index (χ2n) is 4.36. The first-order valence-corrected chi connectivity index (χ1v) is 7.95. The van der Waals surface area contributed by atoms with Gasteiger partial charge in [-0.05, 0) is 31.2 Å². The molecule has 1 aromatic carbocycles. The molecule has 2 heterocycles. The molecule has 2 aromatic heterocycles. The van der Waals surface area contributed by atoms with E-state index in [1.807, 2.05) is 48.7 Å². The van der Waals surface area contributed by atoms with E-state index >= 15 is 0 Å². The van der Waals surface area contributed by atoms with Crippen molar-refractivity contribution < 1.29 is 4.42 Å². The van der Waals surface area contributed by atoms with Gasteiger partial charge in [-0.25, -0.2) is 4.98 Å². The Kier molecular flexibility index (Phi) is 4.17. The van der Waals surface area contributed by atoms with Crippen LogP contribution in [0.1, 0.15) is 11.5 Å². The lowest BCUT2D eigenvalue weighted by Gasteiger charge is -1.96. The van der Waals surface area contributed by atoms with Crippen LogP contribution in [0.3, 0.4) is 0 Å². The minimum atomic E-state index is 0.713. The van der Waals surface area contributed by atoms with Crippen molar-refractivity contribution >= 4 is 38.6 Å². The first-order chi connectivity index (χ1) is 10.2. The van der Waals surface area contributed by atoms with Crippen LogP contribution < -0.4 is 5.43 Å². The van der Waals surface area contributed by atoms with E-state index in [2.05, 4.69) is 31.4 Å². The van der Waals surface area contributed by atoms with Crippen LogP contribution in [0.2, 0.25) is 0 Å². The molecule has 0 saturated carbocycles. The highest BCUT2D eigenvalue weighted by atomic mass is 79.9. The summed E-state index contributed by atoms with van der Waals surface area (Å²) in [5, 5.41) is 6.86. The van der Waals surface area contributed by atoms with E-state index in [4.69, 9.17) is 4.42 Å². The molecule has 0 saturated heterocycles. The number of benzene rings is 1. The Labute approximate surface area is 134 Å². The van der Waals surface area contributed by atoms with Gasteiger partial charge >= 0.3 is 0 Å². The molecule has 0 aliphatic rings. The molecule has 0 bridgehead atoms. The molecule has 6 heteroatoms. The molecule has 21 heavy (non-hydrogen) atoms. The number of hydrogen-bond donors (Lipinski definition) is 1. The molecular weight excluding hydrogens is 350 g/mol. The SMILES string of the molecule is Cc1ccc(/C=N\Nc2nc(-c3ccc(Br)cc3)cs2)o1. The summed E-state index contributed by atoms with van der Waals surface area (Å²) in [5.41, 5.74) is 4.92. The van der Waals surface area contributed by atoms with Crippen LogP contribution in [0.25, 0.3) is 11.3 Å². The summed E-state index contributed by atoms with van der Waals surface area (Å²) in [6, 6.07) is 11.8. The van der Waals surface area contributed by atoms with Crippen molar-refractivity contribution in [1.82, 2.24) is 4.98 Å². The second kappa shape index (κ2) is 6.24. The zero-order chi connectivity index (χ0) is 14.7. The van der Waals surface area contributed by atoms with Crippen molar-refractivity contribution in [2.24, 2.45) is 5.10 Å². The van der Waals surface area contributed by atoms with Gasteiger partial charge < -0.3 is 4.42 Å². The van der Waals surface area contributed by atoms with Crippen LogP contribution in [-0.2, 0) is 0 Å². The van der Waals surface area contributed by atoms with Crippen LogP contribution in [-0.4, -0.2) is 11.2 Å². The van der Waals surface area contributed by atoms with E-state index < -0.39 is 0 Å². The first-order valence-electron chi connectivity index (χ1n) is 6.28. The minimum Gasteiger partial charge on any atom is -0.460 e. The summed E-state index contributed by atoms with van der Waals surface area (Å²) < 4.78 is 6.45. The van der Waals surface area contributed by atoms with Crippen molar-refractivity contribution in [2.45, 2.75) is 6.92 Å². The second-order valence-corrected chi connectivity index (χ2v) is 6.14. The highest BCUT2D eigenvalue weighted by Gasteiger charge is 2.03. The summed E-state index contributed by atoms with van der Waals surface area (Å²) in [6.45, 7) is 1.90. The number of halogens is 1. The lowest BCUT2D eigenvalue weighted by atomic mass is 10.2. The molecule has 0 aliphatic heterocycles. The third-order valence-electron chi connectivity index (χ3n) is 2.76. The van der Waals surface area contributed by atoms with Gasteiger partial charge in [0.25, 0.3) is 0 Å². The summed E-state index contributed by atoms with van der Waals surface area (Å²) in [7, 11) is 0. The highest BCUT2D eigenvalue weighted by molar-refractivity contribution is 9.10. The van der Waals surface area contributed by atoms with Crippen LogP contribution in [0.5, 0.6) is 0 Å². The number of rotatable bonds is 4. The van der Waals surface area contributed by atoms with Gasteiger partial charge in [-0.1, -0.05) is 28.1 Å². The number of anilines is 1. The number of aryl methyl sites for hydroxylation is 1. The highest BCUT2D eigenvalue weighted by Crippen LogP contribution is 2.26. The predicted octanol–water partition coefficient (Wildman–Crippen LogP) is 4.92. The molecular formula is C15H12BrN3OS. The largest absolute Gasteiger partial charge is 0.460 e. The van der Waals surface area contributed by atoms with E-state index in [0.29, 0.717) is 5.76 Å². The van der Waals surface area contributed by atoms with Gasteiger partial charge in [0.05, 0.1) is 11.9 Å². The molecule has 0 radical (unpaired) electrons. The van der Waals surface area contributed by atoms with Gasteiger partial charge in [0.2, 0.25) is 5.13 Å². The minimum absolute atomic E-state index is 0.713. The number of hydrazone groups is 1. The van der Waals surface area contributed by atoms with E-state index in [1.165, 1.54) is 11.3 Å². The zero-order valence-corrected chi connectivity index (χ0v) is 13.6. The molecule has 1 N–H and O–H groups in total. The topological polar surface area (TPSA) is 50.4 Å². The standard InChI is InChI=1S/C15H12BrN3OS/c1-10-2-7-13(20-10)8-17-19-15-18-14(9-21-15)11-3-5-12(16)6-4-11/h2-9H,1H3,(H,18,19)/b17-8-. The number of thiazole rings is 1. The fourth-order valence-electron chi connectivity index (χ4n) is 1.75. The summed E-state index contributed by atoms with van der Waals surface area (Å²) in [4.78, 5) is 4.49. The van der Waals surface area contributed by atoms with Crippen LogP contribution >= 0.6 is 27.3 Å². The maximum atomic E-state index is 5.40. The van der Waals surface area contributed by atoms with Gasteiger partial charge in [-0.3, -0.25) is 5.43 Å². The van der Waals surface area contributed by atoms with Crippen molar-refractivity contribution in [2.75, 3.05) is 5.43 Å². The van der Waals surface area contributed by atoms with E-state index in [0.717, 1.165) is 26.6 Å². The predicted molar refractivity (Wildman–Crippen MR) is 89.9 cm³/mol. The average Bonchev–Trinajstić information content (AvgIpc) is 3.09. The summed E-state index contributed by atoms with van der Waals surface area (Å²) in [5.74, 6) is 1.58. The number of nitrogens with zero attached hydrogens (tertiary/aromatic N) is 2. The molecule has 3 rings (SSSR count). The third-order valence-corrected chi connectivity index (χ3v) is 4.03. The lowest BCUT2D eigenvalue weighted by molar-refractivity contribution is 0.528. The summed E-state index contributed by atoms with van der Waals surface area (Å²) >= 11 is 4.93. The first kappa shape index (κ1) is 14.0. The number of aromatic nitrogens is 1. The molecule has 0 amide bonds. The molecule has 0 atom stereocenters. The van der Waals surface area contributed by atoms with Crippen LogP contribution in [0, 0.1) is 6.92 Å². The fourth-order valence-corrected chi connectivity index (χ4v) is 2.69. The summed E-state index contributed by atoms with van der Waals surface area (Å²) in [6.07, 6.45) is 1.63. The molecule has 0 fully saturated rings. The molecule has 0 aliphatic carbocycles.